The maximum atomic E-state index is 12.7. The molecule has 0 bridgehead atoms. The Bertz CT molecular complexity index is 902. The fraction of sp³-hybridized carbons (Fsp3) is 0.526. The van der Waals surface area contributed by atoms with Crippen molar-refractivity contribution in [3.05, 3.63) is 34.7 Å². The average Bonchev–Trinajstić information content (AvgIpc) is 2.96. The second-order valence-electron chi connectivity index (χ2n) is 7.18. The maximum absolute atomic E-state index is 12.7. The van der Waals surface area contributed by atoms with Crippen molar-refractivity contribution in [1.29, 1.82) is 0 Å². The average molecular weight is 375 g/mol. The minimum absolute atomic E-state index is 0.00103. The lowest BCUT2D eigenvalue weighted by atomic mass is 9.74. The molecule has 1 aromatic heterocycles. The molecule has 2 aromatic rings. The number of H-pyrrole nitrogens is 1. The van der Waals surface area contributed by atoms with Crippen LogP contribution in [0.2, 0.25) is 0 Å². The van der Waals surface area contributed by atoms with Gasteiger partial charge in [-0.25, -0.2) is 4.79 Å². The molecule has 1 aromatic carbocycles. The predicted octanol–water partition coefficient (Wildman–Crippen LogP) is 1.18. The molecule has 2 atom stereocenters. The zero-order valence-corrected chi connectivity index (χ0v) is 15.4. The molecule has 1 aliphatic rings. The summed E-state index contributed by atoms with van der Waals surface area (Å²) in [5, 5.41) is 20.0. The van der Waals surface area contributed by atoms with E-state index in [2.05, 4.69) is 4.98 Å². The Morgan fingerprint density at radius 2 is 2.07 bits per heavy atom. The Labute approximate surface area is 156 Å². The van der Waals surface area contributed by atoms with Gasteiger partial charge in [-0.05, 0) is 25.0 Å². The first kappa shape index (κ1) is 19.2. The molecule has 0 saturated carbocycles. The predicted molar refractivity (Wildman–Crippen MR) is 99.4 cm³/mol. The summed E-state index contributed by atoms with van der Waals surface area (Å²) >= 11 is 0. The lowest BCUT2D eigenvalue weighted by Crippen LogP contribution is -2.57. The van der Waals surface area contributed by atoms with Crippen LogP contribution in [0.4, 0.5) is 0 Å². The molecule has 146 valence electrons. The number of imidazole rings is 1. The van der Waals surface area contributed by atoms with Gasteiger partial charge in [-0.1, -0.05) is 25.5 Å². The molecule has 0 unspecified atom stereocenters. The Hall–Kier alpha value is -2.61. The third-order valence-electron chi connectivity index (χ3n) is 5.49. The summed E-state index contributed by atoms with van der Waals surface area (Å²) < 4.78 is 1.52. The van der Waals surface area contributed by atoms with E-state index in [1.165, 1.54) is 9.47 Å². The fourth-order valence-corrected chi connectivity index (χ4v) is 4.00. The number of para-hydroxylation sites is 2. The van der Waals surface area contributed by atoms with Gasteiger partial charge < -0.3 is 20.1 Å². The number of nitrogens with zero attached hydrogens (tertiary/aromatic N) is 2. The zero-order chi connectivity index (χ0) is 19.6. The summed E-state index contributed by atoms with van der Waals surface area (Å²) in [5.74, 6) is -1.27. The quantitative estimate of drug-likeness (QED) is 0.701. The van der Waals surface area contributed by atoms with Crippen LogP contribution in [0.15, 0.2) is 29.1 Å². The lowest BCUT2D eigenvalue weighted by molar-refractivity contribution is -0.166. The molecular formula is C19H25N3O5. The molecule has 0 aliphatic carbocycles. The van der Waals surface area contributed by atoms with Crippen molar-refractivity contribution in [3.8, 4) is 0 Å². The molecule has 1 amide bonds. The minimum atomic E-state index is -1.32. The highest BCUT2D eigenvalue weighted by Gasteiger charge is 2.49. The van der Waals surface area contributed by atoms with Crippen molar-refractivity contribution in [2.24, 2.45) is 5.41 Å². The molecular weight excluding hydrogens is 350 g/mol. The summed E-state index contributed by atoms with van der Waals surface area (Å²) in [7, 11) is 0. The number of piperidine rings is 1. The number of aliphatic hydroxyl groups excluding tert-OH is 1. The molecule has 3 rings (SSSR count). The zero-order valence-electron chi connectivity index (χ0n) is 15.4. The van der Waals surface area contributed by atoms with Crippen LogP contribution in [0, 0.1) is 5.41 Å². The van der Waals surface area contributed by atoms with Gasteiger partial charge >= 0.3 is 11.7 Å². The second kappa shape index (κ2) is 7.56. The number of carboxylic acid groups (broad SMARTS) is 1. The van der Waals surface area contributed by atoms with Crippen molar-refractivity contribution in [1.82, 2.24) is 14.5 Å². The number of carbonyl (C=O) groups is 2. The SMILES string of the molecule is CCC[C@@]1(C(=O)O)CN(C(=O)CCn2c(=O)[nH]c3ccccc32)CC[C@H]1O. The number of carboxylic acids is 1. The van der Waals surface area contributed by atoms with Crippen molar-refractivity contribution < 1.29 is 19.8 Å². The summed E-state index contributed by atoms with van der Waals surface area (Å²) in [4.78, 5) is 40.9. The van der Waals surface area contributed by atoms with E-state index in [0.717, 1.165) is 5.52 Å². The number of nitrogens with one attached hydrogen (secondary N) is 1. The first-order chi connectivity index (χ1) is 12.9. The number of carbonyl (C=O) groups excluding carboxylic acids is 1. The summed E-state index contributed by atoms with van der Waals surface area (Å²) in [6.45, 7) is 2.40. The van der Waals surface area contributed by atoms with Crippen LogP contribution in [-0.4, -0.2) is 55.7 Å². The highest BCUT2D eigenvalue weighted by atomic mass is 16.4. The van der Waals surface area contributed by atoms with Crippen molar-refractivity contribution >= 4 is 22.9 Å². The van der Waals surface area contributed by atoms with E-state index in [9.17, 15) is 24.6 Å². The molecule has 1 fully saturated rings. The van der Waals surface area contributed by atoms with E-state index in [1.807, 2.05) is 25.1 Å². The van der Waals surface area contributed by atoms with Gasteiger partial charge in [0.25, 0.3) is 0 Å². The van der Waals surface area contributed by atoms with Crippen LogP contribution in [-0.2, 0) is 16.1 Å². The van der Waals surface area contributed by atoms with Gasteiger partial charge in [0.1, 0.15) is 5.41 Å². The van der Waals surface area contributed by atoms with Crippen LogP contribution in [0.3, 0.4) is 0 Å². The highest BCUT2D eigenvalue weighted by Crippen LogP contribution is 2.35. The van der Waals surface area contributed by atoms with Crippen LogP contribution < -0.4 is 5.69 Å². The molecule has 3 N–H and O–H groups in total. The van der Waals surface area contributed by atoms with Gasteiger partial charge in [-0.2, -0.15) is 0 Å². The number of aliphatic carboxylic acids is 1. The first-order valence-corrected chi connectivity index (χ1v) is 9.26. The number of fused-ring (bicyclic) bond motifs is 1. The monoisotopic (exact) mass is 375 g/mol. The Kier molecular flexibility index (Phi) is 5.36. The molecule has 0 spiro atoms. The van der Waals surface area contributed by atoms with Gasteiger partial charge in [0.15, 0.2) is 0 Å². The molecule has 2 heterocycles. The Morgan fingerprint density at radius 3 is 2.78 bits per heavy atom. The lowest BCUT2D eigenvalue weighted by Gasteiger charge is -2.43. The van der Waals surface area contributed by atoms with Gasteiger partial charge in [-0.3, -0.25) is 14.2 Å². The number of aryl methyl sites for hydroxylation is 1. The van der Waals surface area contributed by atoms with Crippen LogP contribution >= 0.6 is 0 Å². The van der Waals surface area contributed by atoms with E-state index >= 15 is 0 Å². The van der Waals surface area contributed by atoms with E-state index in [0.29, 0.717) is 24.9 Å². The van der Waals surface area contributed by atoms with Crippen molar-refractivity contribution in [2.45, 2.75) is 45.3 Å². The minimum Gasteiger partial charge on any atom is -0.481 e. The molecule has 27 heavy (non-hydrogen) atoms. The largest absolute Gasteiger partial charge is 0.481 e. The number of aromatic nitrogens is 2. The van der Waals surface area contributed by atoms with Crippen molar-refractivity contribution in [3.63, 3.8) is 0 Å². The number of hydrogen-bond donors (Lipinski definition) is 3. The maximum Gasteiger partial charge on any atom is 0.326 e. The highest BCUT2D eigenvalue weighted by molar-refractivity contribution is 5.80. The van der Waals surface area contributed by atoms with E-state index in [-0.39, 0.29) is 37.5 Å². The van der Waals surface area contributed by atoms with Crippen molar-refractivity contribution in [2.75, 3.05) is 13.1 Å². The summed E-state index contributed by atoms with van der Waals surface area (Å²) in [6.07, 6.45) is 0.297. The van der Waals surface area contributed by atoms with Crippen LogP contribution in [0.5, 0.6) is 0 Å². The molecule has 8 nitrogen and oxygen atoms in total. The number of rotatable bonds is 6. The summed E-state index contributed by atoms with van der Waals surface area (Å²) in [5.41, 5.74) is -0.150. The number of hydrogen-bond acceptors (Lipinski definition) is 4. The van der Waals surface area contributed by atoms with Gasteiger partial charge in [-0.15, -0.1) is 0 Å². The molecule has 1 aliphatic heterocycles. The normalized spacial score (nSPS) is 22.9. The second-order valence-corrected chi connectivity index (χ2v) is 7.18. The van der Waals surface area contributed by atoms with Gasteiger partial charge in [0.05, 0.1) is 17.1 Å². The van der Waals surface area contributed by atoms with Crippen LogP contribution in [0.1, 0.15) is 32.6 Å². The number of aliphatic hydroxyl groups is 1. The number of benzene rings is 1. The topological polar surface area (TPSA) is 116 Å². The number of likely N-dealkylation sites (tertiary alicyclic amines) is 1. The number of aromatic amines is 1. The smallest absolute Gasteiger partial charge is 0.326 e. The fourth-order valence-electron chi connectivity index (χ4n) is 4.00. The van der Waals surface area contributed by atoms with Gasteiger partial charge in [0.2, 0.25) is 5.91 Å². The van der Waals surface area contributed by atoms with E-state index in [4.69, 9.17) is 0 Å². The molecule has 1 saturated heterocycles. The molecule has 8 heteroatoms. The standard InChI is InChI=1S/C19H25N3O5/c1-2-9-19(17(25)26)12-21(10-7-15(19)23)16(24)8-11-22-14-6-4-3-5-13(14)20-18(22)27/h3-6,15,23H,2,7-12H2,1H3,(H,20,27)(H,25,26)/t15-,19-/m1/s1. The van der Waals surface area contributed by atoms with Crippen LogP contribution in [0.25, 0.3) is 11.0 Å². The van der Waals surface area contributed by atoms with E-state index in [1.54, 1.807) is 6.07 Å². The molecule has 0 radical (unpaired) electrons. The number of amides is 1. The third kappa shape index (κ3) is 3.49. The Morgan fingerprint density at radius 1 is 1.33 bits per heavy atom. The van der Waals surface area contributed by atoms with Gasteiger partial charge in [0, 0.05) is 26.1 Å². The Balaban J connectivity index is 1.73. The third-order valence-corrected chi connectivity index (χ3v) is 5.49. The van der Waals surface area contributed by atoms with E-state index < -0.39 is 17.5 Å². The first-order valence-electron chi connectivity index (χ1n) is 9.26. The summed E-state index contributed by atoms with van der Waals surface area (Å²) in [6, 6.07) is 7.26.